The Morgan fingerprint density at radius 2 is 1.52 bits per heavy atom. The van der Waals surface area contributed by atoms with Gasteiger partial charge in [-0.1, -0.05) is 6.07 Å². The summed E-state index contributed by atoms with van der Waals surface area (Å²) in [7, 11) is -3.81. The minimum absolute atomic E-state index is 0.0365. The monoisotopic (exact) mass is 305 g/mol. The van der Waals surface area contributed by atoms with E-state index < -0.39 is 10.0 Å². The molecule has 5 nitrogen and oxygen atoms in total. The highest BCUT2D eigenvalue weighted by Gasteiger charge is 2.15. The molecule has 0 atom stereocenters. The largest absolute Gasteiger partial charge is 0.399 e. The van der Waals surface area contributed by atoms with E-state index in [0.717, 1.165) is 16.8 Å². The van der Waals surface area contributed by atoms with Gasteiger partial charge < -0.3 is 11.1 Å². The van der Waals surface area contributed by atoms with Crippen LogP contribution < -0.4 is 16.2 Å². The number of benzene rings is 2. The van der Waals surface area contributed by atoms with E-state index in [0.29, 0.717) is 16.9 Å². The maximum absolute atomic E-state index is 11.6. The summed E-state index contributed by atoms with van der Waals surface area (Å²) < 4.78 is 23.2. The number of sulfonamides is 1. The molecule has 112 valence electrons. The Morgan fingerprint density at radius 1 is 0.952 bits per heavy atom. The highest BCUT2D eigenvalue weighted by atomic mass is 32.2. The quantitative estimate of drug-likeness (QED) is 0.759. The van der Waals surface area contributed by atoms with Gasteiger partial charge >= 0.3 is 0 Å². The number of aryl methyl sites for hydroxylation is 2. The van der Waals surface area contributed by atoms with Crippen molar-refractivity contribution >= 4 is 27.1 Å². The summed E-state index contributed by atoms with van der Waals surface area (Å²) in [6.45, 7) is 5.70. The first-order valence-corrected chi connectivity index (χ1v) is 7.99. The predicted molar refractivity (Wildman–Crippen MR) is 86.2 cm³/mol. The molecule has 2 aromatic carbocycles. The number of nitrogens with one attached hydrogen (secondary N) is 1. The van der Waals surface area contributed by atoms with Crippen LogP contribution in [0.5, 0.6) is 0 Å². The van der Waals surface area contributed by atoms with Crippen LogP contribution in [0.2, 0.25) is 0 Å². The number of primary sulfonamides is 1. The molecule has 0 amide bonds. The van der Waals surface area contributed by atoms with Crippen molar-refractivity contribution in [3.8, 4) is 0 Å². The molecule has 0 unspecified atom stereocenters. The second kappa shape index (κ2) is 5.38. The Labute approximate surface area is 125 Å². The molecule has 0 spiro atoms. The smallest absolute Gasteiger partial charge is 0.238 e. The lowest BCUT2D eigenvalue weighted by Gasteiger charge is -2.14. The van der Waals surface area contributed by atoms with E-state index in [1.54, 1.807) is 13.0 Å². The molecule has 0 aliphatic heterocycles. The van der Waals surface area contributed by atoms with Gasteiger partial charge in [0.05, 0.1) is 4.90 Å². The maximum atomic E-state index is 11.6. The molecular formula is C15H19N3O2S. The zero-order valence-corrected chi connectivity index (χ0v) is 13.1. The number of rotatable bonds is 3. The average molecular weight is 305 g/mol. The van der Waals surface area contributed by atoms with Gasteiger partial charge in [-0.25, -0.2) is 13.6 Å². The molecule has 5 N–H and O–H groups in total. The zero-order chi connectivity index (χ0) is 15.8. The minimum atomic E-state index is -3.81. The van der Waals surface area contributed by atoms with Crippen molar-refractivity contribution in [1.29, 1.82) is 0 Å². The molecule has 21 heavy (non-hydrogen) atoms. The third-order valence-electron chi connectivity index (χ3n) is 3.19. The first-order chi connectivity index (χ1) is 9.66. The lowest BCUT2D eigenvalue weighted by atomic mass is 10.1. The third-order valence-corrected chi connectivity index (χ3v) is 4.23. The first-order valence-electron chi connectivity index (χ1n) is 6.45. The molecular weight excluding hydrogens is 286 g/mol. The van der Waals surface area contributed by atoms with E-state index in [9.17, 15) is 8.42 Å². The van der Waals surface area contributed by atoms with E-state index >= 15 is 0 Å². The van der Waals surface area contributed by atoms with Crippen molar-refractivity contribution < 1.29 is 8.42 Å². The molecule has 0 saturated heterocycles. The van der Waals surface area contributed by atoms with Gasteiger partial charge in [-0.3, -0.25) is 0 Å². The van der Waals surface area contributed by atoms with Crippen molar-refractivity contribution in [2.24, 2.45) is 5.14 Å². The Morgan fingerprint density at radius 3 is 2.05 bits per heavy atom. The summed E-state index contributed by atoms with van der Waals surface area (Å²) >= 11 is 0. The van der Waals surface area contributed by atoms with Gasteiger partial charge in [-0.2, -0.15) is 0 Å². The molecule has 0 bridgehead atoms. The van der Waals surface area contributed by atoms with E-state index in [4.69, 9.17) is 10.9 Å². The van der Waals surface area contributed by atoms with Crippen molar-refractivity contribution in [2.75, 3.05) is 11.1 Å². The third kappa shape index (κ3) is 3.53. The second-order valence-corrected chi connectivity index (χ2v) is 6.77. The molecule has 2 rings (SSSR count). The highest BCUT2D eigenvalue weighted by molar-refractivity contribution is 7.89. The fourth-order valence-corrected chi connectivity index (χ4v) is 3.17. The van der Waals surface area contributed by atoms with Crippen LogP contribution in [-0.4, -0.2) is 8.42 Å². The number of hydrogen-bond acceptors (Lipinski definition) is 4. The molecule has 0 saturated carbocycles. The number of anilines is 3. The maximum Gasteiger partial charge on any atom is 0.238 e. The van der Waals surface area contributed by atoms with Gasteiger partial charge in [0, 0.05) is 17.1 Å². The van der Waals surface area contributed by atoms with E-state index in [1.165, 1.54) is 6.07 Å². The Kier molecular flexibility index (Phi) is 3.93. The van der Waals surface area contributed by atoms with Crippen LogP contribution in [0.15, 0.2) is 35.2 Å². The van der Waals surface area contributed by atoms with Gasteiger partial charge in [0.25, 0.3) is 0 Å². The van der Waals surface area contributed by atoms with Crippen LogP contribution in [0.1, 0.15) is 16.7 Å². The van der Waals surface area contributed by atoms with E-state index in [2.05, 4.69) is 11.4 Å². The molecule has 0 fully saturated rings. The Hall–Kier alpha value is -2.05. The molecule has 6 heteroatoms. The number of hydrogen-bond donors (Lipinski definition) is 3. The SMILES string of the molecule is Cc1cc(C)cc(Nc2cc(N)cc(S(N)(=O)=O)c2C)c1. The summed E-state index contributed by atoms with van der Waals surface area (Å²) in [5.41, 5.74) is 10.4. The van der Waals surface area contributed by atoms with Crippen LogP contribution >= 0.6 is 0 Å². The number of nitrogen functional groups attached to an aromatic ring is 1. The van der Waals surface area contributed by atoms with Crippen molar-refractivity contribution in [2.45, 2.75) is 25.7 Å². The van der Waals surface area contributed by atoms with Crippen LogP contribution in [0.25, 0.3) is 0 Å². The van der Waals surface area contributed by atoms with Crippen molar-refractivity contribution in [1.82, 2.24) is 0 Å². The lowest BCUT2D eigenvalue weighted by Crippen LogP contribution is -2.15. The Balaban J connectivity index is 2.52. The van der Waals surface area contributed by atoms with Crippen LogP contribution in [0.4, 0.5) is 17.1 Å². The summed E-state index contributed by atoms with van der Waals surface area (Å²) in [6, 6.07) is 9.09. The topological polar surface area (TPSA) is 98.2 Å². The average Bonchev–Trinajstić information content (AvgIpc) is 2.30. The number of nitrogens with two attached hydrogens (primary N) is 2. The molecule has 0 heterocycles. The predicted octanol–water partition coefficient (Wildman–Crippen LogP) is 2.59. The van der Waals surface area contributed by atoms with Gasteiger partial charge in [-0.15, -0.1) is 0 Å². The van der Waals surface area contributed by atoms with Crippen molar-refractivity contribution in [3.05, 3.63) is 47.0 Å². The summed E-state index contributed by atoms with van der Waals surface area (Å²) in [4.78, 5) is 0.0365. The van der Waals surface area contributed by atoms with Crippen molar-refractivity contribution in [3.63, 3.8) is 0 Å². The summed E-state index contributed by atoms with van der Waals surface area (Å²) in [6.07, 6.45) is 0. The van der Waals surface area contributed by atoms with Gasteiger partial charge in [0.2, 0.25) is 10.0 Å². The highest BCUT2D eigenvalue weighted by Crippen LogP contribution is 2.29. The van der Waals surface area contributed by atoms with Gasteiger partial charge in [0.1, 0.15) is 0 Å². The first kappa shape index (κ1) is 15.3. The minimum Gasteiger partial charge on any atom is -0.399 e. The molecule has 0 radical (unpaired) electrons. The fourth-order valence-electron chi connectivity index (χ4n) is 2.34. The van der Waals surface area contributed by atoms with Gasteiger partial charge in [0.15, 0.2) is 0 Å². The normalized spacial score (nSPS) is 11.4. The molecule has 0 aliphatic rings. The van der Waals surface area contributed by atoms with E-state index in [1.807, 2.05) is 26.0 Å². The lowest BCUT2D eigenvalue weighted by molar-refractivity contribution is 0.597. The van der Waals surface area contributed by atoms with E-state index in [-0.39, 0.29) is 4.90 Å². The Bertz CT molecular complexity index is 779. The van der Waals surface area contributed by atoms with Crippen LogP contribution in [0.3, 0.4) is 0 Å². The second-order valence-electron chi connectivity index (χ2n) is 5.24. The molecule has 0 aliphatic carbocycles. The molecule has 0 aromatic heterocycles. The van der Waals surface area contributed by atoms with Crippen LogP contribution in [-0.2, 0) is 10.0 Å². The molecule has 2 aromatic rings. The summed E-state index contributed by atoms with van der Waals surface area (Å²) in [5.74, 6) is 0. The fraction of sp³-hybridized carbons (Fsp3) is 0.200. The standard InChI is InChI=1S/C15H19N3O2S/c1-9-4-10(2)6-13(5-9)18-14-7-12(16)8-15(11(14)3)21(17,19)20/h4-8,18H,16H2,1-3H3,(H2,17,19,20). The summed E-state index contributed by atoms with van der Waals surface area (Å²) in [5, 5.41) is 8.43. The van der Waals surface area contributed by atoms with Crippen LogP contribution in [0, 0.1) is 20.8 Å². The zero-order valence-electron chi connectivity index (χ0n) is 12.3. The van der Waals surface area contributed by atoms with Gasteiger partial charge in [-0.05, 0) is 61.7 Å².